The number of benzene rings is 1. The van der Waals surface area contributed by atoms with Crippen molar-refractivity contribution in [3.63, 3.8) is 0 Å². The molecule has 0 aliphatic rings. The van der Waals surface area contributed by atoms with Crippen LogP contribution in [0.1, 0.15) is 5.56 Å². The molecule has 0 aliphatic carbocycles. The highest BCUT2D eigenvalue weighted by Gasteiger charge is 2.00. The Balaban J connectivity index is 2.28. The molecular formula is C12H16N2O3. The van der Waals surface area contributed by atoms with Crippen LogP contribution in [0.25, 0.3) is 0 Å². The highest BCUT2D eigenvalue weighted by atomic mass is 16.5. The van der Waals surface area contributed by atoms with E-state index in [1.54, 1.807) is 25.3 Å². The summed E-state index contributed by atoms with van der Waals surface area (Å²) in [6, 6.07) is 6.97. The standard InChI is InChI=1S/C12H16N2O3/c1-15-4-5-16-6-7-17-11-3-2-10(9-13)12(14)8-11/h2-3,8H,4-7,14H2,1H3. The van der Waals surface area contributed by atoms with E-state index in [0.717, 1.165) is 0 Å². The third-order valence-electron chi connectivity index (χ3n) is 2.07. The van der Waals surface area contributed by atoms with Crippen LogP contribution in [0.5, 0.6) is 5.75 Å². The molecule has 1 aromatic carbocycles. The Hall–Kier alpha value is -1.77. The minimum absolute atomic E-state index is 0.422. The van der Waals surface area contributed by atoms with Crippen LogP contribution in [-0.2, 0) is 9.47 Å². The maximum absolute atomic E-state index is 8.70. The monoisotopic (exact) mass is 236 g/mol. The summed E-state index contributed by atoms with van der Waals surface area (Å²) in [4.78, 5) is 0. The molecule has 5 nitrogen and oxygen atoms in total. The SMILES string of the molecule is COCCOCCOc1ccc(C#N)c(N)c1. The molecule has 0 saturated carbocycles. The predicted molar refractivity (Wildman–Crippen MR) is 63.8 cm³/mol. The summed E-state index contributed by atoms with van der Waals surface area (Å²) in [6.45, 7) is 2.05. The van der Waals surface area contributed by atoms with Crippen LogP contribution in [0.15, 0.2) is 18.2 Å². The number of ether oxygens (including phenoxy) is 3. The van der Waals surface area contributed by atoms with Crippen LogP contribution in [0.4, 0.5) is 5.69 Å². The fourth-order valence-corrected chi connectivity index (χ4v) is 1.20. The second-order valence-electron chi connectivity index (χ2n) is 3.31. The second kappa shape index (κ2) is 7.49. The van der Waals surface area contributed by atoms with Crippen molar-refractivity contribution >= 4 is 5.69 Å². The predicted octanol–water partition coefficient (Wildman–Crippen LogP) is 1.18. The molecule has 0 amide bonds. The Morgan fingerprint density at radius 2 is 2.00 bits per heavy atom. The van der Waals surface area contributed by atoms with Crippen molar-refractivity contribution in [1.29, 1.82) is 5.26 Å². The average Bonchev–Trinajstić information content (AvgIpc) is 2.34. The number of anilines is 1. The first-order valence-corrected chi connectivity index (χ1v) is 5.27. The summed E-state index contributed by atoms with van der Waals surface area (Å²) < 4.78 is 15.5. The maximum Gasteiger partial charge on any atom is 0.121 e. The molecule has 2 N–H and O–H groups in total. The first kappa shape index (κ1) is 13.3. The molecule has 0 heterocycles. The van der Waals surface area contributed by atoms with Crippen LogP contribution in [0.2, 0.25) is 0 Å². The Labute approximate surface area is 101 Å². The first-order chi connectivity index (χ1) is 8.27. The van der Waals surface area contributed by atoms with Gasteiger partial charge in [-0.1, -0.05) is 0 Å². The molecule has 0 spiro atoms. The quantitative estimate of drug-likeness (QED) is 0.568. The van der Waals surface area contributed by atoms with E-state index in [1.807, 2.05) is 6.07 Å². The number of hydrogen-bond acceptors (Lipinski definition) is 5. The zero-order valence-corrected chi connectivity index (χ0v) is 9.81. The number of nitrogens with two attached hydrogens (primary N) is 1. The minimum Gasteiger partial charge on any atom is -0.491 e. The molecule has 1 rings (SSSR count). The van der Waals surface area contributed by atoms with Gasteiger partial charge in [0.05, 0.1) is 31.1 Å². The zero-order chi connectivity index (χ0) is 12.5. The normalized spacial score (nSPS) is 9.88. The Bertz CT molecular complexity index is 388. The highest BCUT2D eigenvalue weighted by molar-refractivity contribution is 5.56. The number of methoxy groups -OCH3 is 1. The Morgan fingerprint density at radius 1 is 1.24 bits per heavy atom. The average molecular weight is 236 g/mol. The largest absolute Gasteiger partial charge is 0.491 e. The van der Waals surface area contributed by atoms with Crippen LogP contribution < -0.4 is 10.5 Å². The van der Waals surface area contributed by atoms with Crippen LogP contribution in [-0.4, -0.2) is 33.5 Å². The van der Waals surface area contributed by atoms with Gasteiger partial charge in [-0.05, 0) is 12.1 Å². The molecule has 0 saturated heterocycles. The molecule has 0 unspecified atom stereocenters. The lowest BCUT2D eigenvalue weighted by atomic mass is 10.2. The van der Waals surface area contributed by atoms with Gasteiger partial charge in [0.15, 0.2) is 0 Å². The molecule has 0 fully saturated rings. The van der Waals surface area contributed by atoms with Gasteiger partial charge in [0, 0.05) is 13.2 Å². The van der Waals surface area contributed by atoms with Gasteiger partial charge in [-0.15, -0.1) is 0 Å². The molecule has 0 bridgehead atoms. The van der Waals surface area contributed by atoms with Crippen molar-refractivity contribution in [1.82, 2.24) is 0 Å². The summed E-state index contributed by atoms with van der Waals surface area (Å²) in [5.74, 6) is 0.636. The lowest BCUT2D eigenvalue weighted by Gasteiger charge is -2.08. The molecule has 0 atom stereocenters. The summed E-state index contributed by atoms with van der Waals surface area (Å²) in [5, 5.41) is 8.70. The van der Waals surface area contributed by atoms with Crippen molar-refractivity contribution in [2.24, 2.45) is 0 Å². The molecule has 92 valence electrons. The smallest absolute Gasteiger partial charge is 0.121 e. The summed E-state index contributed by atoms with van der Waals surface area (Å²) in [5.41, 5.74) is 6.53. The molecule has 1 aromatic rings. The third-order valence-corrected chi connectivity index (χ3v) is 2.07. The zero-order valence-electron chi connectivity index (χ0n) is 9.81. The van der Waals surface area contributed by atoms with E-state index in [1.165, 1.54) is 0 Å². The van der Waals surface area contributed by atoms with E-state index in [2.05, 4.69) is 0 Å². The van der Waals surface area contributed by atoms with Gasteiger partial charge in [-0.3, -0.25) is 0 Å². The maximum atomic E-state index is 8.70. The topological polar surface area (TPSA) is 77.5 Å². The molecule has 0 aromatic heterocycles. The number of nitrogen functional groups attached to an aromatic ring is 1. The van der Waals surface area contributed by atoms with Gasteiger partial charge in [-0.2, -0.15) is 5.26 Å². The van der Waals surface area contributed by atoms with E-state index in [4.69, 9.17) is 25.2 Å². The fourth-order valence-electron chi connectivity index (χ4n) is 1.20. The number of nitrogens with zero attached hydrogens (tertiary/aromatic N) is 1. The van der Waals surface area contributed by atoms with Gasteiger partial charge >= 0.3 is 0 Å². The van der Waals surface area contributed by atoms with E-state index >= 15 is 0 Å². The van der Waals surface area contributed by atoms with Crippen LogP contribution in [0.3, 0.4) is 0 Å². The first-order valence-electron chi connectivity index (χ1n) is 5.27. The third kappa shape index (κ3) is 4.72. The molecule has 17 heavy (non-hydrogen) atoms. The number of rotatable bonds is 7. The number of nitriles is 1. The van der Waals surface area contributed by atoms with E-state index < -0.39 is 0 Å². The van der Waals surface area contributed by atoms with E-state index in [0.29, 0.717) is 43.4 Å². The van der Waals surface area contributed by atoms with Crippen LogP contribution in [0, 0.1) is 11.3 Å². The van der Waals surface area contributed by atoms with Crippen molar-refractivity contribution in [2.75, 3.05) is 39.3 Å². The summed E-state index contributed by atoms with van der Waals surface area (Å²) in [7, 11) is 1.62. The minimum atomic E-state index is 0.422. The highest BCUT2D eigenvalue weighted by Crippen LogP contribution is 2.18. The number of hydrogen-bond donors (Lipinski definition) is 1. The van der Waals surface area contributed by atoms with E-state index in [-0.39, 0.29) is 0 Å². The lowest BCUT2D eigenvalue weighted by Crippen LogP contribution is -2.10. The van der Waals surface area contributed by atoms with Gasteiger partial charge in [0.25, 0.3) is 0 Å². The van der Waals surface area contributed by atoms with Gasteiger partial charge in [-0.25, -0.2) is 0 Å². The Morgan fingerprint density at radius 3 is 2.65 bits per heavy atom. The molecule has 0 radical (unpaired) electrons. The van der Waals surface area contributed by atoms with Crippen molar-refractivity contribution in [3.8, 4) is 11.8 Å². The molecule has 0 aliphatic heterocycles. The van der Waals surface area contributed by atoms with Crippen LogP contribution >= 0.6 is 0 Å². The Kier molecular flexibility index (Phi) is 5.86. The van der Waals surface area contributed by atoms with Gasteiger partial charge < -0.3 is 19.9 Å². The van der Waals surface area contributed by atoms with E-state index in [9.17, 15) is 0 Å². The van der Waals surface area contributed by atoms with Gasteiger partial charge in [0.2, 0.25) is 0 Å². The molecular weight excluding hydrogens is 220 g/mol. The lowest BCUT2D eigenvalue weighted by molar-refractivity contribution is 0.0544. The molecule has 5 heteroatoms. The second-order valence-corrected chi connectivity index (χ2v) is 3.31. The van der Waals surface area contributed by atoms with Crippen molar-refractivity contribution in [2.45, 2.75) is 0 Å². The summed E-state index contributed by atoms with van der Waals surface area (Å²) >= 11 is 0. The van der Waals surface area contributed by atoms with Gasteiger partial charge in [0.1, 0.15) is 18.4 Å². The van der Waals surface area contributed by atoms with Crippen molar-refractivity contribution in [3.05, 3.63) is 23.8 Å². The summed E-state index contributed by atoms with van der Waals surface area (Å²) in [6.07, 6.45) is 0. The van der Waals surface area contributed by atoms with Crippen molar-refractivity contribution < 1.29 is 14.2 Å². The fraction of sp³-hybridized carbons (Fsp3) is 0.417.